The number of hydrogen-bond acceptors (Lipinski definition) is 5. The number of amides is 1. The van der Waals surface area contributed by atoms with Gasteiger partial charge in [0.25, 0.3) is 0 Å². The molecule has 7 heteroatoms. The summed E-state index contributed by atoms with van der Waals surface area (Å²) in [5.74, 6) is -0.846. The number of carbonyl (C=O) groups is 3. The summed E-state index contributed by atoms with van der Waals surface area (Å²) in [6.45, 7) is 1.93. The first-order chi connectivity index (χ1) is 12.4. The molecule has 0 spiro atoms. The van der Waals surface area contributed by atoms with Crippen LogP contribution in [0.5, 0.6) is 0 Å². The molecule has 26 heavy (non-hydrogen) atoms. The molecule has 0 bridgehead atoms. The van der Waals surface area contributed by atoms with Crippen LogP contribution in [0.15, 0.2) is 36.4 Å². The van der Waals surface area contributed by atoms with E-state index in [4.69, 9.17) is 16.3 Å². The van der Waals surface area contributed by atoms with E-state index in [9.17, 15) is 14.4 Å². The fourth-order valence-electron chi connectivity index (χ4n) is 2.45. The molecule has 2 aromatic rings. The van der Waals surface area contributed by atoms with Gasteiger partial charge in [-0.2, -0.15) is 0 Å². The summed E-state index contributed by atoms with van der Waals surface area (Å²) in [7, 11) is 1.29. The molecule has 2 rings (SSSR count). The Kier molecular flexibility index (Phi) is 7.36. The number of hydrogen-bond donors (Lipinski definition) is 1. The number of thiophene rings is 1. The largest absolute Gasteiger partial charge is 0.469 e. The summed E-state index contributed by atoms with van der Waals surface area (Å²) < 4.78 is 4.70. The smallest absolute Gasteiger partial charge is 0.307 e. The summed E-state index contributed by atoms with van der Waals surface area (Å²) >= 11 is 7.59. The van der Waals surface area contributed by atoms with E-state index in [1.165, 1.54) is 18.4 Å². The minimum absolute atomic E-state index is 0.0377. The van der Waals surface area contributed by atoms with E-state index in [0.717, 1.165) is 4.88 Å². The summed E-state index contributed by atoms with van der Waals surface area (Å²) in [5.41, 5.74) is 0.633. The predicted octanol–water partition coefficient (Wildman–Crippen LogP) is 4.09. The highest BCUT2D eigenvalue weighted by atomic mass is 35.5. The lowest BCUT2D eigenvalue weighted by molar-refractivity contribution is -0.141. The van der Waals surface area contributed by atoms with Crippen LogP contribution in [-0.2, 0) is 14.3 Å². The van der Waals surface area contributed by atoms with Crippen LogP contribution < -0.4 is 5.32 Å². The number of halogens is 1. The van der Waals surface area contributed by atoms with Crippen LogP contribution in [0.2, 0.25) is 5.02 Å². The summed E-state index contributed by atoms with van der Waals surface area (Å²) in [5, 5.41) is 3.23. The van der Waals surface area contributed by atoms with Crippen molar-refractivity contribution in [3.63, 3.8) is 0 Å². The average Bonchev–Trinajstić information content (AvgIpc) is 3.06. The lowest BCUT2D eigenvalue weighted by atomic mass is 10.0. The third-order valence-electron chi connectivity index (χ3n) is 3.81. The van der Waals surface area contributed by atoms with E-state index in [1.54, 1.807) is 30.3 Å². The maximum Gasteiger partial charge on any atom is 0.307 e. The number of carbonyl (C=O) groups excluding carboxylic acids is 3. The van der Waals surface area contributed by atoms with Crippen LogP contribution >= 0.6 is 22.9 Å². The Balaban J connectivity index is 2.00. The van der Waals surface area contributed by atoms with Crippen molar-refractivity contribution in [3.05, 3.63) is 56.7 Å². The molecule has 0 aliphatic heterocycles. The van der Waals surface area contributed by atoms with Gasteiger partial charge in [-0.3, -0.25) is 14.4 Å². The van der Waals surface area contributed by atoms with Crippen molar-refractivity contribution in [2.24, 2.45) is 0 Å². The zero-order valence-electron chi connectivity index (χ0n) is 14.6. The second-order valence-corrected chi connectivity index (χ2v) is 7.45. The lowest BCUT2D eigenvalue weighted by Crippen LogP contribution is -2.30. The number of Topliss-reactive ketones (excluding diaryl/α,β-unsaturated/α-hetero) is 1. The first-order valence-electron chi connectivity index (χ1n) is 8.11. The third kappa shape index (κ3) is 5.68. The first kappa shape index (κ1) is 20.1. The molecule has 1 aromatic heterocycles. The monoisotopic (exact) mass is 393 g/mol. The topological polar surface area (TPSA) is 72.5 Å². The molecule has 1 amide bonds. The van der Waals surface area contributed by atoms with Gasteiger partial charge in [0.2, 0.25) is 5.91 Å². The molecular weight excluding hydrogens is 374 g/mol. The van der Waals surface area contributed by atoms with Crippen molar-refractivity contribution in [1.29, 1.82) is 0 Å². The number of ketones is 1. The molecule has 0 saturated heterocycles. The highest BCUT2D eigenvalue weighted by Crippen LogP contribution is 2.26. The lowest BCUT2D eigenvalue weighted by Gasteiger charge is -2.19. The summed E-state index contributed by atoms with van der Waals surface area (Å²) in [6.07, 6.45) is 0.112. The van der Waals surface area contributed by atoms with Gasteiger partial charge in [-0.1, -0.05) is 29.8 Å². The minimum atomic E-state index is -0.609. The molecule has 1 N–H and O–H groups in total. The Bertz CT molecular complexity index is 802. The molecule has 0 fully saturated rings. The fourth-order valence-corrected chi connectivity index (χ4v) is 3.55. The van der Waals surface area contributed by atoms with Crippen molar-refractivity contribution in [2.45, 2.75) is 32.2 Å². The quantitative estimate of drug-likeness (QED) is 0.541. The number of aryl methyl sites for hydroxylation is 1. The van der Waals surface area contributed by atoms with Gasteiger partial charge in [0.15, 0.2) is 5.78 Å². The molecule has 0 aliphatic carbocycles. The molecule has 1 atom stereocenters. The van der Waals surface area contributed by atoms with Crippen LogP contribution in [0.25, 0.3) is 0 Å². The number of esters is 1. The van der Waals surface area contributed by atoms with E-state index in [-0.39, 0.29) is 31.0 Å². The van der Waals surface area contributed by atoms with Gasteiger partial charge in [0.05, 0.1) is 24.4 Å². The third-order valence-corrected chi connectivity index (χ3v) is 5.19. The minimum Gasteiger partial charge on any atom is -0.469 e. The predicted molar refractivity (Wildman–Crippen MR) is 102 cm³/mol. The zero-order chi connectivity index (χ0) is 19.1. The number of rotatable bonds is 8. The molecule has 1 heterocycles. The Labute approximate surface area is 161 Å². The van der Waals surface area contributed by atoms with Crippen LogP contribution in [0, 0.1) is 6.92 Å². The molecule has 5 nitrogen and oxygen atoms in total. The molecule has 0 aliphatic rings. The van der Waals surface area contributed by atoms with Gasteiger partial charge in [-0.05, 0) is 30.7 Å². The van der Waals surface area contributed by atoms with Crippen molar-refractivity contribution >= 4 is 40.6 Å². The number of ether oxygens (including phenoxy) is 1. The Morgan fingerprint density at radius 1 is 1.15 bits per heavy atom. The van der Waals surface area contributed by atoms with Crippen LogP contribution in [0.3, 0.4) is 0 Å². The molecule has 1 unspecified atom stereocenters. The molecule has 0 radical (unpaired) electrons. The van der Waals surface area contributed by atoms with Crippen molar-refractivity contribution in [3.8, 4) is 0 Å². The van der Waals surface area contributed by atoms with Crippen LogP contribution in [0.4, 0.5) is 0 Å². The standard InChI is InChI=1S/C19H20ClNO4S/c1-12-7-9-17(26-12)16(22)8-10-18(23)21-15(11-19(24)25-2)13-5-3-4-6-14(13)20/h3-7,9,15H,8,10-11H2,1-2H3,(H,21,23). The van der Waals surface area contributed by atoms with Crippen LogP contribution in [-0.4, -0.2) is 24.8 Å². The Morgan fingerprint density at radius 2 is 1.88 bits per heavy atom. The van der Waals surface area contributed by atoms with Gasteiger partial charge in [-0.15, -0.1) is 11.3 Å². The van der Waals surface area contributed by atoms with Crippen molar-refractivity contribution < 1.29 is 19.1 Å². The van der Waals surface area contributed by atoms with Gasteiger partial charge in [0.1, 0.15) is 0 Å². The van der Waals surface area contributed by atoms with E-state index < -0.39 is 12.0 Å². The van der Waals surface area contributed by atoms with Gasteiger partial charge in [0, 0.05) is 22.7 Å². The van der Waals surface area contributed by atoms with E-state index in [0.29, 0.717) is 15.5 Å². The van der Waals surface area contributed by atoms with Crippen LogP contribution in [0.1, 0.15) is 45.4 Å². The molecular formula is C19H20ClNO4S. The number of nitrogens with one attached hydrogen (secondary N) is 1. The van der Waals surface area contributed by atoms with E-state index in [1.807, 2.05) is 13.0 Å². The number of benzene rings is 1. The summed E-state index contributed by atoms with van der Waals surface area (Å²) in [4.78, 5) is 37.8. The highest BCUT2D eigenvalue weighted by Gasteiger charge is 2.21. The maximum absolute atomic E-state index is 12.3. The van der Waals surface area contributed by atoms with E-state index >= 15 is 0 Å². The van der Waals surface area contributed by atoms with Gasteiger partial charge >= 0.3 is 5.97 Å². The molecule has 138 valence electrons. The second-order valence-electron chi connectivity index (χ2n) is 5.76. The Morgan fingerprint density at radius 3 is 2.50 bits per heavy atom. The van der Waals surface area contributed by atoms with Crippen molar-refractivity contribution in [1.82, 2.24) is 5.32 Å². The normalized spacial score (nSPS) is 11.7. The zero-order valence-corrected chi connectivity index (χ0v) is 16.2. The fraction of sp³-hybridized carbons (Fsp3) is 0.316. The van der Waals surface area contributed by atoms with E-state index in [2.05, 4.69) is 5.32 Å². The average molecular weight is 394 g/mol. The number of methoxy groups -OCH3 is 1. The first-order valence-corrected chi connectivity index (χ1v) is 9.30. The van der Waals surface area contributed by atoms with Crippen molar-refractivity contribution in [2.75, 3.05) is 7.11 Å². The summed E-state index contributed by atoms with van der Waals surface area (Å²) in [6, 6.07) is 10.0. The second kappa shape index (κ2) is 9.50. The Hall–Kier alpha value is -2.18. The molecule has 1 aromatic carbocycles. The van der Waals surface area contributed by atoms with Gasteiger partial charge < -0.3 is 10.1 Å². The highest BCUT2D eigenvalue weighted by molar-refractivity contribution is 7.14. The SMILES string of the molecule is COC(=O)CC(NC(=O)CCC(=O)c1ccc(C)s1)c1ccccc1Cl. The molecule has 0 saturated carbocycles. The van der Waals surface area contributed by atoms with Gasteiger partial charge in [-0.25, -0.2) is 0 Å². The maximum atomic E-state index is 12.3.